The minimum Gasteiger partial charge on any atom is -0.304 e. The molecule has 0 saturated carbocycles. The number of nitrogens with zero attached hydrogens (tertiary/aromatic N) is 1. The van der Waals surface area contributed by atoms with E-state index in [1.165, 1.54) is 5.57 Å². The van der Waals surface area contributed by atoms with E-state index in [-0.39, 0.29) is 5.91 Å². The molecule has 2 N–H and O–H groups in total. The average molecular weight is 374 g/mol. The van der Waals surface area contributed by atoms with Crippen LogP contribution < -0.4 is 5.48 Å². The van der Waals surface area contributed by atoms with E-state index in [9.17, 15) is 9.59 Å². The predicted molar refractivity (Wildman–Crippen MR) is 106 cm³/mol. The molecule has 1 heterocycles. The van der Waals surface area contributed by atoms with Crippen LogP contribution in [0.3, 0.4) is 0 Å². The Morgan fingerprint density at radius 3 is 2.75 bits per heavy atom. The van der Waals surface area contributed by atoms with Crippen molar-refractivity contribution >= 4 is 11.8 Å². The number of hydrogen-bond donors (Lipinski definition) is 2. The zero-order valence-electron chi connectivity index (χ0n) is 15.5. The highest BCUT2D eigenvalue weighted by Gasteiger charge is 2.28. The van der Waals surface area contributed by atoms with Gasteiger partial charge in [-0.15, -0.1) is 0 Å². The average Bonchev–Trinajstić information content (AvgIpc) is 2.75. The molecule has 0 unspecified atom stereocenters. The highest BCUT2D eigenvalue weighted by atomic mass is 16.5. The van der Waals surface area contributed by atoms with Crippen molar-refractivity contribution in [3.05, 3.63) is 94.3 Å². The van der Waals surface area contributed by atoms with Gasteiger partial charge in [0.25, 0.3) is 11.8 Å². The van der Waals surface area contributed by atoms with E-state index in [0.29, 0.717) is 12.1 Å². The summed E-state index contributed by atoms with van der Waals surface area (Å²) in [4.78, 5) is 26.8. The summed E-state index contributed by atoms with van der Waals surface area (Å²) in [6, 6.07) is 6.93. The molecule has 2 aliphatic carbocycles. The molecule has 4 rings (SSSR count). The molecule has 0 aromatic heterocycles. The lowest BCUT2D eigenvalue weighted by atomic mass is 9.89. The third kappa shape index (κ3) is 3.49. The zero-order valence-corrected chi connectivity index (χ0v) is 15.5. The van der Waals surface area contributed by atoms with Crippen LogP contribution in [0, 0.1) is 0 Å². The molecule has 142 valence electrons. The van der Waals surface area contributed by atoms with Crippen molar-refractivity contribution in [2.75, 3.05) is 0 Å². The standard InChI is InChI=1S/C23H22N2O3/c26-22(24-28)19-11-9-16(10-12-19)15-25-21-8-4-2-6-18(21)14-13-17-5-1-3-7-20(17)23(25)27/h1,3-4,7-13,28H,2,5-6,14-15H2,(H,24,26). The minimum atomic E-state index is -0.553. The fourth-order valence-electron chi connectivity index (χ4n) is 3.83. The number of nitrogens with one attached hydrogen (secondary N) is 1. The number of carbonyl (C=O) groups excluding carboxylic acids is 2. The van der Waals surface area contributed by atoms with E-state index in [1.807, 2.05) is 29.2 Å². The van der Waals surface area contributed by atoms with E-state index in [0.717, 1.165) is 48.1 Å². The Balaban J connectivity index is 1.69. The molecule has 0 spiro atoms. The maximum atomic E-state index is 13.4. The lowest BCUT2D eigenvalue weighted by Gasteiger charge is -2.32. The molecular weight excluding hydrogens is 352 g/mol. The fraction of sp³-hybridized carbons (Fsp3) is 0.217. The molecule has 0 saturated heterocycles. The van der Waals surface area contributed by atoms with Gasteiger partial charge in [0.15, 0.2) is 0 Å². The molecule has 1 aromatic rings. The van der Waals surface area contributed by atoms with Crippen molar-refractivity contribution < 1.29 is 14.8 Å². The summed E-state index contributed by atoms with van der Waals surface area (Å²) in [5, 5.41) is 8.77. The van der Waals surface area contributed by atoms with Gasteiger partial charge in [-0.25, -0.2) is 5.48 Å². The van der Waals surface area contributed by atoms with Gasteiger partial charge in [-0.05, 0) is 66.7 Å². The first-order valence-corrected chi connectivity index (χ1v) is 9.47. The van der Waals surface area contributed by atoms with Crippen molar-refractivity contribution in [3.8, 4) is 0 Å². The van der Waals surface area contributed by atoms with Crippen molar-refractivity contribution in [1.82, 2.24) is 10.4 Å². The second-order valence-corrected chi connectivity index (χ2v) is 7.11. The molecule has 28 heavy (non-hydrogen) atoms. The number of amides is 2. The molecule has 2 amide bonds. The van der Waals surface area contributed by atoms with Gasteiger partial charge in [-0.3, -0.25) is 14.8 Å². The van der Waals surface area contributed by atoms with Crippen LogP contribution in [0.15, 0.2) is 83.1 Å². The number of benzene rings is 1. The second kappa shape index (κ2) is 7.82. The lowest BCUT2D eigenvalue weighted by Crippen LogP contribution is -2.33. The molecule has 0 fully saturated rings. The van der Waals surface area contributed by atoms with Crippen molar-refractivity contribution in [3.63, 3.8) is 0 Å². The number of hydrogen-bond acceptors (Lipinski definition) is 3. The molecule has 1 aliphatic heterocycles. The normalized spacial score (nSPS) is 18.6. The molecule has 0 atom stereocenters. The van der Waals surface area contributed by atoms with E-state index >= 15 is 0 Å². The Morgan fingerprint density at radius 1 is 1.14 bits per heavy atom. The third-order valence-corrected chi connectivity index (χ3v) is 5.35. The van der Waals surface area contributed by atoms with Gasteiger partial charge < -0.3 is 4.90 Å². The number of fused-ring (bicyclic) bond motifs is 1. The summed E-state index contributed by atoms with van der Waals surface area (Å²) in [6.45, 7) is 0.428. The largest absolute Gasteiger partial charge is 0.304 e. The van der Waals surface area contributed by atoms with Crippen LogP contribution in [-0.4, -0.2) is 21.9 Å². The monoisotopic (exact) mass is 374 g/mol. The van der Waals surface area contributed by atoms with Gasteiger partial charge in [0, 0.05) is 16.8 Å². The Kier molecular flexibility index (Phi) is 5.08. The zero-order chi connectivity index (χ0) is 19.5. The Bertz CT molecular complexity index is 962. The van der Waals surface area contributed by atoms with Gasteiger partial charge in [0.05, 0.1) is 6.54 Å². The molecule has 0 radical (unpaired) electrons. The van der Waals surface area contributed by atoms with Crippen LogP contribution in [0.2, 0.25) is 0 Å². The van der Waals surface area contributed by atoms with Gasteiger partial charge in [0.2, 0.25) is 0 Å². The Morgan fingerprint density at radius 2 is 1.96 bits per heavy atom. The maximum Gasteiger partial charge on any atom is 0.274 e. The second-order valence-electron chi connectivity index (χ2n) is 7.11. The van der Waals surface area contributed by atoms with Crippen LogP contribution in [0.4, 0.5) is 0 Å². The Hall–Kier alpha value is -3.18. The summed E-state index contributed by atoms with van der Waals surface area (Å²) in [7, 11) is 0. The van der Waals surface area contributed by atoms with E-state index in [1.54, 1.807) is 17.6 Å². The van der Waals surface area contributed by atoms with Crippen molar-refractivity contribution in [1.29, 1.82) is 0 Å². The van der Waals surface area contributed by atoms with Gasteiger partial charge in [-0.2, -0.15) is 0 Å². The molecule has 5 nitrogen and oxygen atoms in total. The first kappa shape index (κ1) is 18.2. The maximum absolute atomic E-state index is 13.4. The van der Waals surface area contributed by atoms with Crippen LogP contribution in [0.5, 0.6) is 0 Å². The molecule has 3 aliphatic rings. The predicted octanol–water partition coefficient (Wildman–Crippen LogP) is 3.95. The topological polar surface area (TPSA) is 69.6 Å². The smallest absolute Gasteiger partial charge is 0.274 e. The third-order valence-electron chi connectivity index (χ3n) is 5.35. The number of allylic oxidation sites excluding steroid dienone is 7. The SMILES string of the molecule is O=C(NO)c1ccc(CN2C(=O)C3=CC=CCC3=CCC3=C2C=CCC3)cc1. The molecule has 5 heteroatoms. The van der Waals surface area contributed by atoms with Crippen molar-refractivity contribution in [2.45, 2.75) is 32.2 Å². The summed E-state index contributed by atoms with van der Waals surface area (Å²) >= 11 is 0. The summed E-state index contributed by atoms with van der Waals surface area (Å²) in [6.07, 6.45) is 15.9. The van der Waals surface area contributed by atoms with Gasteiger partial charge in [0.1, 0.15) is 0 Å². The number of carbonyl (C=O) groups is 2. The molecule has 1 aromatic carbocycles. The van der Waals surface area contributed by atoms with Crippen LogP contribution in [0.25, 0.3) is 0 Å². The van der Waals surface area contributed by atoms with Crippen LogP contribution in [0.1, 0.15) is 41.6 Å². The van der Waals surface area contributed by atoms with Crippen LogP contribution >= 0.6 is 0 Å². The fourth-order valence-corrected chi connectivity index (χ4v) is 3.83. The highest BCUT2D eigenvalue weighted by molar-refractivity contribution is 6.00. The highest BCUT2D eigenvalue weighted by Crippen LogP contribution is 2.33. The van der Waals surface area contributed by atoms with E-state index in [4.69, 9.17) is 5.21 Å². The summed E-state index contributed by atoms with van der Waals surface area (Å²) in [5.74, 6) is -0.547. The molecular formula is C23H22N2O3. The lowest BCUT2D eigenvalue weighted by molar-refractivity contribution is -0.125. The number of rotatable bonds is 3. The minimum absolute atomic E-state index is 0.00604. The van der Waals surface area contributed by atoms with Crippen LogP contribution in [-0.2, 0) is 11.3 Å². The molecule has 0 bridgehead atoms. The first-order valence-electron chi connectivity index (χ1n) is 9.47. The number of hydroxylamine groups is 1. The summed E-state index contributed by atoms with van der Waals surface area (Å²) < 4.78 is 0. The quantitative estimate of drug-likeness (QED) is 0.622. The van der Waals surface area contributed by atoms with Crippen molar-refractivity contribution in [2.24, 2.45) is 0 Å². The Labute approximate surface area is 164 Å². The van der Waals surface area contributed by atoms with E-state index < -0.39 is 5.91 Å². The van der Waals surface area contributed by atoms with Gasteiger partial charge in [-0.1, -0.05) is 36.4 Å². The van der Waals surface area contributed by atoms with E-state index in [2.05, 4.69) is 24.3 Å². The summed E-state index contributed by atoms with van der Waals surface area (Å²) in [5.41, 5.74) is 7.04. The van der Waals surface area contributed by atoms with Gasteiger partial charge >= 0.3 is 0 Å². The first-order chi connectivity index (χ1) is 13.7.